The highest BCUT2D eigenvalue weighted by Crippen LogP contribution is 2.15. The molecule has 2 aromatic rings. The molecule has 0 saturated heterocycles. The summed E-state index contributed by atoms with van der Waals surface area (Å²) in [6, 6.07) is 16.7. The highest BCUT2D eigenvalue weighted by molar-refractivity contribution is 14.0. The number of guanidine groups is 1. The maximum Gasteiger partial charge on any atom is 0.191 e. The van der Waals surface area contributed by atoms with Crippen LogP contribution in [-0.2, 0) is 11.3 Å². The topological polar surface area (TPSA) is 45.7 Å². The van der Waals surface area contributed by atoms with Crippen molar-refractivity contribution in [3.05, 3.63) is 71.5 Å². The van der Waals surface area contributed by atoms with Gasteiger partial charge in [-0.1, -0.05) is 42.5 Å². The van der Waals surface area contributed by atoms with Crippen LogP contribution in [0.15, 0.2) is 59.6 Å². The Bertz CT molecular complexity index is 667. The van der Waals surface area contributed by atoms with E-state index in [1.54, 1.807) is 13.1 Å². The van der Waals surface area contributed by atoms with Crippen molar-refractivity contribution in [2.24, 2.45) is 4.99 Å². The summed E-state index contributed by atoms with van der Waals surface area (Å²) in [4.78, 5) is 4.17. The van der Waals surface area contributed by atoms with Crippen LogP contribution in [0.3, 0.4) is 0 Å². The maximum absolute atomic E-state index is 13.2. The molecule has 0 heterocycles. The number of hydrogen-bond acceptors (Lipinski definition) is 2. The van der Waals surface area contributed by atoms with E-state index in [-0.39, 0.29) is 35.9 Å². The van der Waals surface area contributed by atoms with Gasteiger partial charge < -0.3 is 15.4 Å². The third kappa shape index (κ3) is 8.14. The Morgan fingerprint density at radius 3 is 2.58 bits per heavy atom. The van der Waals surface area contributed by atoms with Crippen molar-refractivity contribution in [1.82, 2.24) is 10.6 Å². The van der Waals surface area contributed by atoms with Gasteiger partial charge in [0.05, 0.1) is 6.10 Å². The van der Waals surface area contributed by atoms with Crippen LogP contribution in [-0.4, -0.2) is 26.2 Å². The van der Waals surface area contributed by atoms with Gasteiger partial charge in [-0.3, -0.25) is 4.99 Å². The summed E-state index contributed by atoms with van der Waals surface area (Å²) in [5.41, 5.74) is 2.06. The van der Waals surface area contributed by atoms with Gasteiger partial charge in [-0.15, -0.1) is 24.0 Å². The highest BCUT2D eigenvalue weighted by atomic mass is 127. The molecular weight excluding hydrogens is 444 g/mol. The number of nitrogens with zero attached hydrogens (tertiary/aromatic N) is 1. The second-order valence-electron chi connectivity index (χ2n) is 5.76. The molecule has 0 aromatic heterocycles. The van der Waals surface area contributed by atoms with E-state index in [4.69, 9.17) is 4.74 Å². The second kappa shape index (κ2) is 12.6. The molecule has 0 aliphatic heterocycles. The fourth-order valence-electron chi connectivity index (χ4n) is 2.41. The summed E-state index contributed by atoms with van der Waals surface area (Å²) in [6.45, 7) is 4.01. The lowest BCUT2D eigenvalue weighted by molar-refractivity contribution is 0.0646. The number of halogens is 2. The molecular formula is C20H27FIN3O. The third-order valence-electron chi connectivity index (χ3n) is 3.82. The van der Waals surface area contributed by atoms with Crippen LogP contribution in [0.2, 0.25) is 0 Å². The third-order valence-corrected chi connectivity index (χ3v) is 3.82. The standard InChI is InChI=1S/C20H26FN3O.HI/c1-16(18-9-4-3-5-10-18)25-13-7-12-23-20(22-2)24-15-17-8-6-11-19(21)14-17;/h3-6,8-11,14,16H,7,12-13,15H2,1-2H3,(H2,22,23,24);1H. The molecule has 6 heteroatoms. The van der Waals surface area contributed by atoms with E-state index in [9.17, 15) is 4.39 Å². The van der Waals surface area contributed by atoms with Crippen molar-refractivity contribution in [2.45, 2.75) is 26.0 Å². The molecule has 142 valence electrons. The predicted molar refractivity (Wildman–Crippen MR) is 115 cm³/mol. The number of nitrogens with one attached hydrogen (secondary N) is 2. The van der Waals surface area contributed by atoms with E-state index < -0.39 is 0 Å². The Hall–Kier alpha value is -1.67. The minimum absolute atomic E-state index is 0. The molecule has 2 N–H and O–H groups in total. The minimum atomic E-state index is -0.230. The quantitative estimate of drug-likeness (QED) is 0.262. The van der Waals surface area contributed by atoms with E-state index in [2.05, 4.69) is 34.7 Å². The summed E-state index contributed by atoms with van der Waals surface area (Å²) in [5.74, 6) is 0.465. The smallest absolute Gasteiger partial charge is 0.191 e. The Morgan fingerprint density at radius 2 is 1.88 bits per heavy atom. The van der Waals surface area contributed by atoms with Crippen molar-refractivity contribution in [3.63, 3.8) is 0 Å². The maximum atomic E-state index is 13.2. The summed E-state index contributed by atoms with van der Waals surface area (Å²) in [5, 5.41) is 6.40. The molecule has 0 saturated carbocycles. The lowest BCUT2D eigenvalue weighted by Gasteiger charge is -2.15. The number of hydrogen-bond donors (Lipinski definition) is 2. The summed E-state index contributed by atoms with van der Waals surface area (Å²) in [7, 11) is 1.72. The van der Waals surface area contributed by atoms with Gasteiger partial charge in [-0.25, -0.2) is 4.39 Å². The first-order valence-corrected chi connectivity index (χ1v) is 8.54. The average molecular weight is 471 g/mol. The van der Waals surface area contributed by atoms with Gasteiger partial charge in [0.1, 0.15) is 5.82 Å². The zero-order chi connectivity index (χ0) is 17.9. The number of aliphatic imine (C=N–C) groups is 1. The van der Waals surface area contributed by atoms with E-state index in [1.165, 1.54) is 17.7 Å². The van der Waals surface area contributed by atoms with Crippen molar-refractivity contribution in [3.8, 4) is 0 Å². The Balaban J connectivity index is 0.00000338. The number of rotatable bonds is 8. The molecule has 0 amide bonds. The van der Waals surface area contributed by atoms with Gasteiger partial charge in [0.2, 0.25) is 0 Å². The van der Waals surface area contributed by atoms with Crippen LogP contribution in [0, 0.1) is 5.82 Å². The normalized spacial score (nSPS) is 12.2. The number of benzene rings is 2. The zero-order valence-corrected chi connectivity index (χ0v) is 17.6. The van der Waals surface area contributed by atoms with Crippen molar-refractivity contribution >= 4 is 29.9 Å². The SMILES string of the molecule is CN=C(NCCCOC(C)c1ccccc1)NCc1cccc(F)c1.I. The molecule has 26 heavy (non-hydrogen) atoms. The molecule has 2 rings (SSSR count). The molecule has 0 radical (unpaired) electrons. The molecule has 0 bridgehead atoms. The first-order valence-electron chi connectivity index (χ1n) is 8.54. The van der Waals surface area contributed by atoms with Crippen LogP contribution in [0.4, 0.5) is 4.39 Å². The summed E-state index contributed by atoms with van der Waals surface area (Å²) >= 11 is 0. The summed E-state index contributed by atoms with van der Waals surface area (Å²) in [6.07, 6.45) is 0.962. The monoisotopic (exact) mass is 471 g/mol. The van der Waals surface area contributed by atoms with Crippen LogP contribution >= 0.6 is 24.0 Å². The molecule has 0 spiro atoms. The number of ether oxygens (including phenoxy) is 1. The fraction of sp³-hybridized carbons (Fsp3) is 0.350. The zero-order valence-electron chi connectivity index (χ0n) is 15.2. The van der Waals surface area contributed by atoms with Crippen molar-refractivity contribution in [2.75, 3.05) is 20.2 Å². The predicted octanol–water partition coefficient (Wildman–Crippen LogP) is 4.28. The van der Waals surface area contributed by atoms with Crippen LogP contribution < -0.4 is 10.6 Å². The van der Waals surface area contributed by atoms with Crippen LogP contribution in [0.1, 0.15) is 30.6 Å². The Morgan fingerprint density at radius 1 is 1.12 bits per heavy atom. The molecule has 1 atom stereocenters. The molecule has 0 aliphatic rings. The molecule has 2 aromatic carbocycles. The molecule has 1 unspecified atom stereocenters. The van der Waals surface area contributed by atoms with Crippen molar-refractivity contribution < 1.29 is 9.13 Å². The van der Waals surface area contributed by atoms with Crippen LogP contribution in [0.25, 0.3) is 0 Å². The van der Waals surface area contributed by atoms with Gasteiger partial charge in [-0.05, 0) is 36.6 Å². The van der Waals surface area contributed by atoms with Gasteiger partial charge in [-0.2, -0.15) is 0 Å². The first kappa shape index (κ1) is 22.4. The van der Waals surface area contributed by atoms with E-state index >= 15 is 0 Å². The van der Waals surface area contributed by atoms with Gasteiger partial charge in [0.15, 0.2) is 5.96 Å². The lowest BCUT2D eigenvalue weighted by atomic mass is 10.1. The Kier molecular flexibility index (Phi) is 10.9. The van der Waals surface area contributed by atoms with E-state index in [0.717, 1.165) is 18.5 Å². The summed E-state index contributed by atoms with van der Waals surface area (Å²) < 4.78 is 19.0. The van der Waals surface area contributed by atoms with Crippen LogP contribution in [0.5, 0.6) is 0 Å². The minimum Gasteiger partial charge on any atom is -0.374 e. The highest BCUT2D eigenvalue weighted by Gasteiger charge is 2.04. The first-order chi connectivity index (χ1) is 12.2. The largest absolute Gasteiger partial charge is 0.374 e. The van der Waals surface area contributed by atoms with Gasteiger partial charge in [0.25, 0.3) is 0 Å². The molecule has 0 aliphatic carbocycles. The molecule has 0 fully saturated rings. The lowest BCUT2D eigenvalue weighted by Crippen LogP contribution is -2.37. The second-order valence-corrected chi connectivity index (χ2v) is 5.76. The van der Waals surface area contributed by atoms with E-state index in [0.29, 0.717) is 19.1 Å². The van der Waals surface area contributed by atoms with Gasteiger partial charge >= 0.3 is 0 Å². The molecule has 4 nitrogen and oxygen atoms in total. The van der Waals surface area contributed by atoms with Gasteiger partial charge in [0, 0.05) is 26.7 Å². The average Bonchev–Trinajstić information content (AvgIpc) is 2.64. The Labute approximate surface area is 172 Å². The van der Waals surface area contributed by atoms with E-state index in [1.807, 2.05) is 24.3 Å². The van der Waals surface area contributed by atoms with Crippen molar-refractivity contribution in [1.29, 1.82) is 0 Å². The fourth-order valence-corrected chi connectivity index (χ4v) is 2.41.